The van der Waals surface area contributed by atoms with E-state index in [1.54, 1.807) is 25.4 Å². The van der Waals surface area contributed by atoms with E-state index >= 15 is 4.39 Å². The third kappa shape index (κ3) is 10.3. The van der Waals surface area contributed by atoms with Gasteiger partial charge in [-0.3, -0.25) is 14.6 Å². The van der Waals surface area contributed by atoms with Gasteiger partial charge >= 0.3 is 0 Å². The first-order valence-corrected chi connectivity index (χ1v) is 25.8. The Bertz CT molecular complexity index is 3050. The standard InChI is InChI=1S/C51H60F2N14O6S/c1-28(2)43(48(71)66-26-31(68)22-38(66)47(70)58-30(4)32-11-12-33(42(53)44(32)69)35-24-56-16-13-36(35)52)67-27-40(61-63-67)72-21-7-6-18-64-19-9-20-65(29(3)25-64)50-57-17-14-37(59-50)46-60-49(73-62-46)51(5)15-8-10-39-41(51)34(23-54)45(55)74-39/h11-14,16-17,24,27-31,38,43,68-69H,6-10,15,18-22,25-26,55H2,1-5H3,(H,58,70)/t29-,30-,31+,38-,43-,51-/m0/s1. The zero-order valence-electron chi connectivity index (χ0n) is 41.9. The summed E-state index contributed by atoms with van der Waals surface area (Å²) in [4.78, 5) is 53.2. The molecule has 74 heavy (non-hydrogen) atoms. The number of nitrogens with two attached hydrogens (primary N) is 1. The Labute approximate surface area is 430 Å². The fourth-order valence-corrected chi connectivity index (χ4v) is 11.8. The van der Waals surface area contributed by atoms with Gasteiger partial charge in [-0.2, -0.15) is 10.2 Å². The number of fused-ring (bicyclic) bond motifs is 1. The number of nitrogens with one attached hydrogen (secondary N) is 1. The molecule has 20 nitrogen and oxygen atoms in total. The molecule has 6 atom stereocenters. The number of nitrogen functional groups attached to an aromatic ring is 1. The summed E-state index contributed by atoms with van der Waals surface area (Å²) in [6.07, 6.45) is 9.66. The van der Waals surface area contributed by atoms with Gasteiger partial charge in [-0.15, -0.1) is 11.3 Å². The molecule has 0 unspecified atom stereocenters. The first kappa shape index (κ1) is 51.7. The highest BCUT2D eigenvalue weighted by Gasteiger charge is 2.45. The topological polar surface area (TPSA) is 264 Å². The Morgan fingerprint density at radius 3 is 2.70 bits per heavy atom. The number of nitrogens with zero attached hydrogens (tertiary/aromatic N) is 12. The molecular formula is C51H60F2N14O6S. The molecule has 7 heterocycles. The van der Waals surface area contributed by atoms with E-state index in [-0.39, 0.29) is 47.5 Å². The number of likely N-dealkylation sites (tertiary alicyclic amines) is 1. The van der Waals surface area contributed by atoms with E-state index in [1.807, 2.05) is 20.8 Å². The fraction of sp³-hybridized carbons (Fsp3) is 0.490. The number of phenols is 1. The van der Waals surface area contributed by atoms with Crippen LogP contribution in [-0.4, -0.2) is 129 Å². The van der Waals surface area contributed by atoms with Gasteiger partial charge in [0.2, 0.25) is 29.5 Å². The number of aliphatic hydroxyl groups is 1. The lowest BCUT2D eigenvalue weighted by molar-refractivity contribution is -0.142. The molecule has 390 valence electrons. The molecule has 2 aliphatic heterocycles. The van der Waals surface area contributed by atoms with Crippen LogP contribution in [0, 0.1) is 28.9 Å². The lowest BCUT2D eigenvalue weighted by Crippen LogP contribution is -2.49. The number of aromatic hydroxyl groups is 1. The van der Waals surface area contributed by atoms with Crippen molar-refractivity contribution in [2.24, 2.45) is 5.92 Å². The van der Waals surface area contributed by atoms with Gasteiger partial charge in [-0.25, -0.2) is 23.4 Å². The number of hydrogen-bond acceptors (Lipinski definition) is 18. The van der Waals surface area contributed by atoms with Crippen molar-refractivity contribution in [1.82, 2.24) is 55.2 Å². The van der Waals surface area contributed by atoms with Crippen molar-refractivity contribution < 1.29 is 37.8 Å². The minimum Gasteiger partial charge on any atom is -0.505 e. The normalized spacial score (nSPS) is 21.0. The summed E-state index contributed by atoms with van der Waals surface area (Å²) in [6, 6.07) is 5.07. The molecule has 1 aliphatic carbocycles. The quantitative estimate of drug-likeness (QED) is 0.0796. The number of ether oxygens (including phenoxy) is 1. The Morgan fingerprint density at radius 1 is 1.09 bits per heavy atom. The summed E-state index contributed by atoms with van der Waals surface area (Å²) in [5, 5.41) is 47.4. The van der Waals surface area contributed by atoms with Crippen molar-refractivity contribution in [3.63, 3.8) is 0 Å². The third-order valence-electron chi connectivity index (χ3n) is 14.4. The first-order valence-electron chi connectivity index (χ1n) is 25.0. The van der Waals surface area contributed by atoms with Gasteiger partial charge in [0, 0.05) is 77.8 Å². The number of anilines is 2. The Kier molecular flexibility index (Phi) is 15.2. The van der Waals surface area contributed by atoms with Gasteiger partial charge in [0.15, 0.2) is 11.6 Å². The predicted octanol–water partition coefficient (Wildman–Crippen LogP) is 6.12. The van der Waals surface area contributed by atoms with Gasteiger partial charge < -0.3 is 45.2 Å². The summed E-state index contributed by atoms with van der Waals surface area (Å²) in [5.41, 5.74) is 7.25. The molecule has 2 fully saturated rings. The summed E-state index contributed by atoms with van der Waals surface area (Å²) in [7, 11) is 0. The number of phenolic OH excluding ortho intramolecular Hbond substituents is 1. The smallest absolute Gasteiger partial charge is 0.253 e. The van der Waals surface area contributed by atoms with Crippen molar-refractivity contribution in [2.75, 3.05) is 50.0 Å². The molecule has 0 radical (unpaired) electrons. The van der Waals surface area contributed by atoms with E-state index in [0.717, 1.165) is 87.4 Å². The number of aliphatic hydroxyl groups excluding tert-OH is 1. The zero-order chi connectivity index (χ0) is 52.4. The number of aryl methyl sites for hydroxylation is 1. The Morgan fingerprint density at radius 2 is 1.92 bits per heavy atom. The van der Waals surface area contributed by atoms with Crippen molar-refractivity contribution in [2.45, 2.75) is 115 Å². The maximum Gasteiger partial charge on any atom is 0.253 e. The van der Waals surface area contributed by atoms with E-state index in [1.165, 1.54) is 39.2 Å². The number of halogens is 2. The minimum atomic E-state index is -1.07. The number of β-amino-alcohol motifs (C(OH)–C–C–N with tert-alkyl or cyclic N) is 1. The van der Waals surface area contributed by atoms with Gasteiger partial charge in [-0.1, -0.05) is 41.4 Å². The van der Waals surface area contributed by atoms with E-state index < -0.39 is 58.8 Å². The molecule has 23 heteroatoms. The van der Waals surface area contributed by atoms with Crippen LogP contribution in [0.4, 0.5) is 19.7 Å². The minimum absolute atomic E-state index is 0.0394. The number of nitriles is 1. The van der Waals surface area contributed by atoms with E-state index in [2.05, 4.69) is 53.5 Å². The van der Waals surface area contributed by atoms with Gasteiger partial charge in [0.05, 0.1) is 35.9 Å². The number of unbranched alkanes of at least 4 members (excludes halogenated alkanes) is 1. The molecule has 3 aliphatic rings. The number of pyridine rings is 1. The molecule has 9 rings (SSSR count). The third-order valence-corrected chi connectivity index (χ3v) is 15.5. The van der Waals surface area contributed by atoms with E-state index in [4.69, 9.17) is 25.0 Å². The maximum atomic E-state index is 15.4. The number of carbonyl (C=O) groups is 2. The summed E-state index contributed by atoms with van der Waals surface area (Å²) in [6.45, 7) is 13.0. The molecule has 6 aromatic rings. The average Bonchev–Trinajstić information content (AvgIpc) is 4.19. The van der Waals surface area contributed by atoms with Crippen LogP contribution in [0.25, 0.3) is 22.6 Å². The summed E-state index contributed by atoms with van der Waals surface area (Å²) in [5.74, 6) is -2.28. The highest BCUT2D eigenvalue weighted by atomic mass is 32.1. The zero-order valence-corrected chi connectivity index (χ0v) is 42.7. The van der Waals surface area contributed by atoms with Crippen molar-refractivity contribution >= 4 is 34.1 Å². The number of thiophene rings is 1. The molecular weight excluding hydrogens is 975 g/mol. The molecule has 2 amide bonds. The van der Waals surface area contributed by atoms with Crippen LogP contribution in [0.15, 0.2) is 53.6 Å². The Balaban J connectivity index is 0.758. The number of rotatable bonds is 16. The SMILES string of the molecule is CC(C)[C@@H](C(=O)N1C[C@H](O)C[C@H]1C(=O)N[C@@H](C)c1ccc(-c2cnccc2F)c(F)c1O)n1cc(OCCCCN2CCCN(c3nccc(-c4noc([C@@]5(C)CCCc6sc(N)c(C#N)c65)n4)n3)[C@@H](C)C2)nn1. The summed E-state index contributed by atoms with van der Waals surface area (Å²) < 4.78 is 43.1. The van der Waals surface area contributed by atoms with Crippen LogP contribution >= 0.6 is 11.3 Å². The second kappa shape index (κ2) is 21.7. The predicted molar refractivity (Wildman–Crippen MR) is 269 cm³/mol. The second-order valence-corrected chi connectivity index (χ2v) is 21.1. The Hall–Kier alpha value is -7.16. The lowest BCUT2D eigenvalue weighted by Gasteiger charge is -2.30. The number of hydrogen-bond donors (Lipinski definition) is 4. The molecule has 0 bridgehead atoms. The van der Waals surface area contributed by atoms with Crippen LogP contribution in [0.3, 0.4) is 0 Å². The average molecular weight is 1040 g/mol. The highest BCUT2D eigenvalue weighted by molar-refractivity contribution is 7.16. The highest BCUT2D eigenvalue weighted by Crippen LogP contribution is 2.48. The van der Waals surface area contributed by atoms with Crippen molar-refractivity contribution in [3.8, 4) is 40.3 Å². The van der Waals surface area contributed by atoms with Gasteiger partial charge in [0.1, 0.15) is 34.7 Å². The largest absolute Gasteiger partial charge is 0.505 e. The van der Waals surface area contributed by atoms with Crippen LogP contribution in [0.1, 0.15) is 113 Å². The monoisotopic (exact) mass is 1030 g/mol. The van der Waals surface area contributed by atoms with Gasteiger partial charge in [-0.05, 0) is 90.4 Å². The molecule has 2 saturated heterocycles. The molecule has 5 N–H and O–H groups in total. The van der Waals surface area contributed by atoms with Crippen LogP contribution in [-0.2, 0) is 21.4 Å². The number of amides is 2. The second-order valence-electron chi connectivity index (χ2n) is 19.9. The lowest BCUT2D eigenvalue weighted by atomic mass is 9.72. The number of benzene rings is 1. The first-order chi connectivity index (χ1) is 35.6. The van der Waals surface area contributed by atoms with Crippen molar-refractivity contribution in [1.29, 1.82) is 5.26 Å². The van der Waals surface area contributed by atoms with E-state index in [9.17, 15) is 29.5 Å². The van der Waals surface area contributed by atoms with Crippen LogP contribution in [0.5, 0.6) is 11.6 Å². The number of carbonyl (C=O) groups excluding carboxylic acids is 2. The fourth-order valence-electron chi connectivity index (χ4n) is 10.6. The maximum absolute atomic E-state index is 15.4. The molecule has 1 aromatic carbocycles. The number of aromatic nitrogens is 8. The van der Waals surface area contributed by atoms with Crippen LogP contribution in [0.2, 0.25) is 0 Å². The molecule has 0 saturated carbocycles. The van der Waals surface area contributed by atoms with Gasteiger partial charge in [0.25, 0.3) is 5.88 Å². The van der Waals surface area contributed by atoms with E-state index in [0.29, 0.717) is 40.5 Å². The van der Waals surface area contributed by atoms with Crippen LogP contribution < -0.4 is 20.7 Å². The summed E-state index contributed by atoms with van der Waals surface area (Å²) >= 11 is 1.46. The van der Waals surface area contributed by atoms with Crippen molar-refractivity contribution in [3.05, 3.63) is 88.1 Å². The molecule has 5 aromatic heterocycles. The molecule has 0 spiro atoms.